The fourth-order valence-electron chi connectivity index (χ4n) is 9.39. The molecule has 102 heavy (non-hydrogen) atoms. The number of carbonyl (C=O) groups excluding carboxylic acids is 2. The van der Waals surface area contributed by atoms with Crippen LogP contribution in [-0.4, -0.2) is 116 Å². The van der Waals surface area contributed by atoms with Crippen LogP contribution >= 0.6 is 31.9 Å². The highest BCUT2D eigenvalue weighted by Crippen LogP contribution is 2.38. The molecule has 534 valence electrons. The van der Waals surface area contributed by atoms with Crippen molar-refractivity contribution in [3.05, 3.63) is 246 Å². The minimum Gasteiger partial charge on any atom is -0.506 e. The number of halogens is 2. The van der Waals surface area contributed by atoms with Gasteiger partial charge < -0.3 is 74.1 Å². The second-order valence-electron chi connectivity index (χ2n) is 23.1. The highest BCUT2D eigenvalue weighted by atomic mass is 79.9. The summed E-state index contributed by atoms with van der Waals surface area (Å²) in [5, 5.41) is 73.4. The van der Waals surface area contributed by atoms with Gasteiger partial charge in [0, 0.05) is 69.6 Å². The third-order valence-corrected chi connectivity index (χ3v) is 16.9. The van der Waals surface area contributed by atoms with E-state index < -0.39 is 24.3 Å². The maximum atomic E-state index is 11.1. The Balaban J connectivity index is 0.000000175. The molecule has 11 heterocycles. The molecule has 1 aromatic carbocycles. The topological polar surface area (TPSA) is 387 Å². The number of hydrogen-bond acceptors (Lipinski definition) is 25. The Morgan fingerprint density at radius 3 is 1.53 bits per heavy atom. The Bertz CT molecular complexity index is 4470. The molecule has 0 aliphatic carbocycles. The number of aromatic nitrogens is 9. The largest absolute Gasteiger partial charge is 0.506 e. The molecule has 9 N–H and O–H groups in total. The Labute approximate surface area is 605 Å². The highest BCUT2D eigenvalue weighted by molar-refractivity contribution is 9.10. The lowest BCUT2D eigenvalue weighted by molar-refractivity contribution is -0.143. The molecule has 0 unspecified atom stereocenters. The number of aromatic amines is 1. The molecule has 10 aromatic rings. The number of nitrogens with zero attached hydrogens (tertiary/aromatic N) is 8. The van der Waals surface area contributed by atoms with E-state index in [1.54, 1.807) is 91.4 Å². The molecule has 0 spiro atoms. The number of aryl methyl sites for hydroxylation is 1. The van der Waals surface area contributed by atoms with Crippen LogP contribution in [0.3, 0.4) is 0 Å². The van der Waals surface area contributed by atoms with E-state index in [9.17, 15) is 39.9 Å². The summed E-state index contributed by atoms with van der Waals surface area (Å²) in [5.41, 5.74) is 11.1. The summed E-state index contributed by atoms with van der Waals surface area (Å²) < 4.78 is 35.0. The Morgan fingerprint density at radius 1 is 0.510 bits per heavy atom. The van der Waals surface area contributed by atoms with Crippen molar-refractivity contribution in [3.8, 4) is 51.0 Å². The van der Waals surface area contributed by atoms with E-state index in [4.69, 9.17) is 43.6 Å². The molecule has 0 amide bonds. The molecule has 26 nitrogen and oxygen atoms in total. The van der Waals surface area contributed by atoms with E-state index in [2.05, 4.69) is 76.7 Å². The second kappa shape index (κ2) is 39.0. The van der Waals surface area contributed by atoms with Crippen LogP contribution < -0.4 is 20.5 Å². The standard InChI is InChI=1S/C19H18N2O3.C15H22BNO5.C12H12N2O3.C11H8N2O2.C9H10BrNO3.C7H8BrNO/c22-11-15-8-9-16(17(12-23)21-15)19-18(7-4-10-20-19)24-13-14-5-2-1-3-6-14;1-10(19)20-9-13-12(7-6-11(8-18)17-13)16-21-14(2,3)15(4,5)22-16;15-6-8-3-4-9(10(7-16)14-8)12-11(17)2-1-5-13-12;14-10-4-3-7-8(13-10)6-15-9-2-1-5-12-11(7)9;1-6(13)14-5-9-8(10)3-2-7(4-12)11-9;1-5-7(8)3-2-6(4-10)9-5/h1-10,22-23H,11-13H2;6-7,18H,8-9H2,1-5H3;1-5,15-17H,6-7H2;1-5H,6H2,(H,13,14);2-3,12H,4-5H2,1H3;2-3,10H,4H2,1H3. The molecule has 0 bridgehead atoms. The second-order valence-corrected chi connectivity index (χ2v) is 24.8. The molecule has 0 radical (unpaired) electrons. The van der Waals surface area contributed by atoms with E-state index in [1.807, 2.05) is 89.2 Å². The summed E-state index contributed by atoms with van der Waals surface area (Å²) in [6.07, 6.45) is 4.93. The predicted octanol–water partition coefficient (Wildman–Crippen LogP) is 8.85. The summed E-state index contributed by atoms with van der Waals surface area (Å²) in [4.78, 5) is 69.0. The number of nitrogens with one attached hydrogen (secondary N) is 1. The van der Waals surface area contributed by atoms with E-state index in [-0.39, 0.29) is 76.7 Å². The minimum atomic E-state index is -0.587. The monoisotopic (exact) mass is 1520 g/mol. The molecular weight excluding hydrogens is 1450 g/mol. The van der Waals surface area contributed by atoms with Gasteiger partial charge in [-0.1, -0.05) is 36.4 Å². The lowest BCUT2D eigenvalue weighted by Crippen LogP contribution is -2.41. The molecule has 2 aliphatic rings. The average molecular weight is 1520 g/mol. The van der Waals surface area contributed by atoms with E-state index in [0.29, 0.717) is 98.2 Å². The quantitative estimate of drug-likeness (QED) is 0.0303. The molecular formula is C73H78BBr2N9O17. The van der Waals surface area contributed by atoms with Gasteiger partial charge in [0.25, 0.3) is 0 Å². The number of benzene rings is 1. The molecule has 9 aromatic heterocycles. The summed E-state index contributed by atoms with van der Waals surface area (Å²) in [7, 11) is -0.587. The number of H-pyrrole nitrogens is 1. The van der Waals surface area contributed by atoms with Crippen molar-refractivity contribution < 1.29 is 78.7 Å². The van der Waals surface area contributed by atoms with Crippen LogP contribution in [0.25, 0.3) is 33.8 Å². The van der Waals surface area contributed by atoms with Gasteiger partial charge in [-0.2, -0.15) is 0 Å². The highest BCUT2D eigenvalue weighted by Gasteiger charge is 2.52. The van der Waals surface area contributed by atoms with Crippen molar-refractivity contribution >= 4 is 56.4 Å². The molecule has 1 saturated heterocycles. The van der Waals surface area contributed by atoms with E-state index in [1.165, 1.54) is 26.0 Å². The Kier molecular flexibility index (Phi) is 30.5. The van der Waals surface area contributed by atoms with Crippen molar-refractivity contribution in [1.82, 2.24) is 44.9 Å². The SMILES string of the molecule is CC(=O)OCc1nc(CO)ccc1B1OC(C)(C)C(C)(C)O1.CC(=O)OCc1nc(CO)ccc1Br.Cc1nc(CO)ccc1Br.O=c1ccc2c([nH]1)COc1cccnc1-2.OCc1ccc(-c2ncccc2O)c(CO)n1.OCc1ccc(-c2ncccc2OCc2ccccc2)c(CO)n1. The minimum absolute atomic E-state index is 0.00806. The van der Waals surface area contributed by atoms with Gasteiger partial charge in [-0.3, -0.25) is 54.3 Å². The first-order valence-electron chi connectivity index (χ1n) is 31.6. The first-order valence-corrected chi connectivity index (χ1v) is 33.2. The third kappa shape index (κ3) is 22.7. The van der Waals surface area contributed by atoms with Gasteiger partial charge in [0.05, 0.1) is 120 Å². The zero-order valence-electron chi connectivity index (χ0n) is 57.0. The van der Waals surface area contributed by atoms with Crippen LogP contribution in [0.2, 0.25) is 0 Å². The zero-order valence-corrected chi connectivity index (χ0v) is 60.1. The maximum absolute atomic E-state index is 11.1. The van der Waals surface area contributed by atoms with E-state index in [0.717, 1.165) is 42.9 Å². The van der Waals surface area contributed by atoms with Crippen molar-refractivity contribution in [2.24, 2.45) is 0 Å². The lowest BCUT2D eigenvalue weighted by Gasteiger charge is -2.32. The number of esters is 2. The van der Waals surface area contributed by atoms with Gasteiger partial charge in [0.15, 0.2) is 0 Å². The number of pyridine rings is 9. The van der Waals surface area contributed by atoms with Crippen LogP contribution in [-0.2, 0) is 101 Å². The van der Waals surface area contributed by atoms with Gasteiger partial charge >= 0.3 is 19.1 Å². The van der Waals surface area contributed by atoms with Crippen LogP contribution in [0.1, 0.15) is 110 Å². The zero-order chi connectivity index (χ0) is 73.9. The van der Waals surface area contributed by atoms with Gasteiger partial charge in [0.1, 0.15) is 60.8 Å². The number of fused-ring (bicyclic) bond motifs is 3. The van der Waals surface area contributed by atoms with Gasteiger partial charge in [0.2, 0.25) is 5.56 Å². The van der Waals surface area contributed by atoms with Gasteiger partial charge in [-0.05, 0) is 169 Å². The van der Waals surface area contributed by atoms with Crippen LogP contribution in [0.4, 0.5) is 0 Å². The fourth-order valence-corrected chi connectivity index (χ4v) is 9.95. The summed E-state index contributed by atoms with van der Waals surface area (Å²) in [5.74, 6) is 0.663. The Hall–Kier alpha value is -9.63. The predicted molar refractivity (Wildman–Crippen MR) is 383 cm³/mol. The van der Waals surface area contributed by atoms with Crippen LogP contribution in [0.5, 0.6) is 17.2 Å². The number of rotatable bonds is 17. The number of aromatic hydroxyl groups is 1. The molecule has 12 rings (SSSR count). The van der Waals surface area contributed by atoms with Crippen molar-refractivity contribution in [3.63, 3.8) is 0 Å². The first kappa shape index (κ1) is 79.7. The van der Waals surface area contributed by atoms with Gasteiger partial charge in [-0.15, -0.1) is 0 Å². The molecule has 2 aliphatic heterocycles. The molecule has 0 atom stereocenters. The number of aliphatic hydroxyl groups is 7. The number of ether oxygens (including phenoxy) is 4. The smallest absolute Gasteiger partial charge is 0.496 e. The third-order valence-electron chi connectivity index (χ3n) is 15.3. The van der Waals surface area contributed by atoms with Crippen LogP contribution in [0, 0.1) is 6.92 Å². The molecule has 1 fully saturated rings. The van der Waals surface area contributed by atoms with Crippen molar-refractivity contribution in [2.45, 2.75) is 132 Å². The molecule has 0 saturated carbocycles. The lowest BCUT2D eigenvalue weighted by atomic mass is 9.77. The summed E-state index contributed by atoms with van der Waals surface area (Å²) >= 11 is 6.59. The first-order chi connectivity index (χ1) is 48.9. The fraction of sp³-hybridized carbons (Fsp3) is 0.274. The summed E-state index contributed by atoms with van der Waals surface area (Å²) in [6.45, 7) is 12.2. The number of aliphatic hydroxyl groups excluding tert-OH is 7. The van der Waals surface area contributed by atoms with E-state index >= 15 is 0 Å². The number of carbonyl (C=O) groups is 2. The number of hydrogen-bond donors (Lipinski definition) is 9. The Morgan fingerprint density at radius 2 is 0.980 bits per heavy atom. The van der Waals surface area contributed by atoms with Crippen molar-refractivity contribution in [2.75, 3.05) is 0 Å². The average Bonchev–Trinajstić information content (AvgIpc) is 1.60. The van der Waals surface area contributed by atoms with Gasteiger partial charge in [-0.25, -0.2) is 0 Å². The van der Waals surface area contributed by atoms with Crippen LogP contribution in [0.15, 0.2) is 172 Å². The summed E-state index contributed by atoms with van der Waals surface area (Å²) in [6, 6.07) is 41.1. The maximum Gasteiger partial charge on any atom is 0.496 e. The normalized spacial score (nSPS) is 12.6. The molecule has 29 heteroatoms. The van der Waals surface area contributed by atoms with Crippen molar-refractivity contribution in [1.29, 1.82) is 0 Å².